The summed E-state index contributed by atoms with van der Waals surface area (Å²) in [6.45, 7) is 20.5. The smallest absolute Gasteiger partial charge is 0.240 e. The van der Waals surface area contributed by atoms with Crippen molar-refractivity contribution in [3.63, 3.8) is 0 Å². The molecule has 2 N–H and O–H groups in total. The zero-order chi connectivity index (χ0) is 43.1. The molecule has 332 valence electrons. The van der Waals surface area contributed by atoms with Crippen LogP contribution in [0.5, 0.6) is 0 Å². The molecule has 7 aliphatic rings. The predicted molar refractivity (Wildman–Crippen MR) is 228 cm³/mol. The Hall–Kier alpha value is -2.34. The zero-order valence-electron chi connectivity index (χ0n) is 37.8. The fourth-order valence-electron chi connectivity index (χ4n) is 13.1. The second-order valence-electron chi connectivity index (χ2n) is 22.8. The van der Waals surface area contributed by atoms with E-state index in [2.05, 4.69) is 49.6 Å². The molecule has 5 saturated carbocycles. The summed E-state index contributed by atoms with van der Waals surface area (Å²) >= 11 is 0. The summed E-state index contributed by atoms with van der Waals surface area (Å²) in [6.07, 6.45) is 12.4. The van der Waals surface area contributed by atoms with Crippen molar-refractivity contribution in [2.24, 2.45) is 50.7 Å². The SMILES string of the molecule is CCN1CCC[C@H]1C(=O)N[C@H](C(=O)C[C@H](C(=O)N1C[C@]2(C[C@H]1C(=O)C[C@]1(C(=O)NS(=O)(=O)C3(C)CC3)C[C@H]1CC(C)C)C(C)(C)C21CCC1)C(C)(C)C)C1CCCCC1. The van der Waals surface area contributed by atoms with Crippen molar-refractivity contribution < 1.29 is 32.4 Å². The molecule has 0 aromatic carbocycles. The summed E-state index contributed by atoms with van der Waals surface area (Å²) in [7, 11) is -3.90. The van der Waals surface area contributed by atoms with Gasteiger partial charge in [0.15, 0.2) is 11.6 Å². The Bertz CT molecular complexity index is 1800. The lowest BCUT2D eigenvalue weighted by Crippen LogP contribution is -2.54. The lowest BCUT2D eigenvalue weighted by atomic mass is 9.73. The number of nitrogens with one attached hydrogen (secondary N) is 2. The van der Waals surface area contributed by atoms with Crippen LogP contribution in [0.15, 0.2) is 0 Å². The minimum absolute atomic E-state index is 0.0218. The quantitative estimate of drug-likeness (QED) is 0.169. The molecule has 5 aliphatic carbocycles. The van der Waals surface area contributed by atoms with E-state index in [1.807, 2.05) is 20.8 Å². The molecule has 3 amide bonds. The maximum atomic E-state index is 15.4. The summed E-state index contributed by atoms with van der Waals surface area (Å²) in [5, 5.41) is 3.24. The van der Waals surface area contributed by atoms with Crippen molar-refractivity contribution in [3.05, 3.63) is 0 Å². The third kappa shape index (κ3) is 7.55. The Morgan fingerprint density at radius 1 is 0.831 bits per heavy atom. The predicted octanol–water partition coefficient (Wildman–Crippen LogP) is 6.96. The van der Waals surface area contributed by atoms with Gasteiger partial charge in [-0.05, 0) is 125 Å². The maximum absolute atomic E-state index is 15.4. The summed E-state index contributed by atoms with van der Waals surface area (Å²) in [4.78, 5) is 77.2. The second-order valence-corrected chi connectivity index (χ2v) is 25.0. The van der Waals surface area contributed by atoms with Gasteiger partial charge >= 0.3 is 0 Å². The summed E-state index contributed by atoms with van der Waals surface area (Å²) in [5.41, 5.74) is -2.03. The van der Waals surface area contributed by atoms with E-state index in [4.69, 9.17) is 0 Å². The zero-order valence-corrected chi connectivity index (χ0v) is 38.7. The number of hydrogen-bond donors (Lipinski definition) is 2. The number of carbonyl (C=O) groups is 5. The lowest BCUT2D eigenvalue weighted by Gasteiger charge is -2.37. The Morgan fingerprint density at radius 3 is 2.03 bits per heavy atom. The van der Waals surface area contributed by atoms with E-state index in [-0.39, 0.29) is 76.3 Å². The molecule has 2 aliphatic heterocycles. The van der Waals surface area contributed by atoms with E-state index in [9.17, 15) is 22.8 Å². The van der Waals surface area contributed by atoms with Gasteiger partial charge in [0.2, 0.25) is 27.7 Å². The minimum Gasteiger partial charge on any atom is -0.345 e. The van der Waals surface area contributed by atoms with Gasteiger partial charge in [0.05, 0.1) is 28.3 Å². The van der Waals surface area contributed by atoms with Crippen molar-refractivity contribution in [3.8, 4) is 0 Å². The molecular weight excluding hydrogens is 765 g/mol. The average Bonchev–Trinajstić information content (AvgIpc) is 4.00. The van der Waals surface area contributed by atoms with Crippen LogP contribution in [0.4, 0.5) is 0 Å². The first kappa shape index (κ1) is 44.7. The van der Waals surface area contributed by atoms with Crippen LogP contribution in [-0.2, 0) is 34.0 Å². The molecule has 2 saturated heterocycles. The molecule has 2 heterocycles. The minimum atomic E-state index is -3.90. The van der Waals surface area contributed by atoms with Gasteiger partial charge in [-0.2, -0.15) is 0 Å². The molecular formula is C47H76N4O7S. The third-order valence-corrected chi connectivity index (χ3v) is 20.0. The largest absolute Gasteiger partial charge is 0.345 e. The molecule has 0 bridgehead atoms. The van der Waals surface area contributed by atoms with E-state index < -0.39 is 49.5 Å². The van der Waals surface area contributed by atoms with E-state index in [1.165, 1.54) is 0 Å². The first-order valence-electron chi connectivity index (χ1n) is 23.5. The van der Waals surface area contributed by atoms with E-state index in [1.54, 1.807) is 11.8 Å². The van der Waals surface area contributed by atoms with Gasteiger partial charge in [-0.3, -0.25) is 33.6 Å². The van der Waals surface area contributed by atoms with Crippen molar-refractivity contribution in [1.29, 1.82) is 0 Å². The number of sulfonamides is 1. The molecule has 7 fully saturated rings. The van der Waals surface area contributed by atoms with Gasteiger partial charge in [0.1, 0.15) is 0 Å². The Kier molecular flexibility index (Phi) is 11.7. The van der Waals surface area contributed by atoms with E-state index >= 15 is 9.59 Å². The van der Waals surface area contributed by atoms with Gasteiger partial charge in [-0.1, -0.05) is 81.1 Å². The number of nitrogens with zero attached hydrogens (tertiary/aromatic N) is 2. The fourth-order valence-corrected chi connectivity index (χ4v) is 14.5. The molecule has 7 atom stereocenters. The van der Waals surface area contributed by atoms with E-state index in [0.717, 1.165) is 77.3 Å². The number of rotatable bonds is 16. The Labute approximate surface area is 355 Å². The third-order valence-electron chi connectivity index (χ3n) is 17.8. The highest BCUT2D eigenvalue weighted by Gasteiger charge is 2.85. The monoisotopic (exact) mass is 841 g/mol. The number of fused-ring (bicyclic) bond motifs is 1. The summed E-state index contributed by atoms with van der Waals surface area (Å²) in [5.74, 6) is -1.70. The number of Topliss-reactive ketones (excluding diaryl/α,β-unsaturated/α-hetero) is 2. The van der Waals surface area contributed by atoms with Crippen LogP contribution in [0.1, 0.15) is 171 Å². The molecule has 0 radical (unpaired) electrons. The van der Waals surface area contributed by atoms with Gasteiger partial charge < -0.3 is 10.2 Å². The average molecular weight is 841 g/mol. The Morgan fingerprint density at radius 2 is 1.49 bits per heavy atom. The Balaban J connectivity index is 1.17. The highest BCUT2D eigenvalue weighted by Crippen LogP contribution is 2.88. The van der Waals surface area contributed by atoms with Crippen LogP contribution >= 0.6 is 0 Å². The van der Waals surface area contributed by atoms with Gasteiger partial charge in [-0.25, -0.2) is 8.42 Å². The van der Waals surface area contributed by atoms with Gasteiger partial charge in [0, 0.05) is 30.7 Å². The number of hydrogen-bond acceptors (Lipinski definition) is 8. The van der Waals surface area contributed by atoms with Crippen LogP contribution in [-0.4, -0.2) is 90.0 Å². The van der Waals surface area contributed by atoms with Crippen LogP contribution in [0, 0.1) is 50.7 Å². The molecule has 12 heteroatoms. The van der Waals surface area contributed by atoms with Crippen molar-refractivity contribution in [2.75, 3.05) is 19.6 Å². The number of amides is 3. The van der Waals surface area contributed by atoms with Crippen LogP contribution in [0.3, 0.4) is 0 Å². The molecule has 7 rings (SSSR count). The molecule has 0 aromatic rings. The fraction of sp³-hybridized carbons (Fsp3) is 0.894. The first-order chi connectivity index (χ1) is 27.5. The molecule has 0 unspecified atom stereocenters. The van der Waals surface area contributed by atoms with Crippen LogP contribution in [0.25, 0.3) is 0 Å². The van der Waals surface area contributed by atoms with Crippen LogP contribution < -0.4 is 10.0 Å². The second kappa shape index (κ2) is 15.5. The molecule has 11 nitrogen and oxygen atoms in total. The summed E-state index contributed by atoms with van der Waals surface area (Å²) in [6, 6.07) is -1.68. The molecule has 2 spiro atoms. The number of likely N-dealkylation sites (tertiary alicyclic amines) is 2. The summed E-state index contributed by atoms with van der Waals surface area (Å²) < 4.78 is 28.1. The number of carbonyl (C=O) groups excluding carboxylic acids is 5. The number of ketones is 2. The molecule has 59 heavy (non-hydrogen) atoms. The first-order valence-corrected chi connectivity index (χ1v) is 25.0. The highest BCUT2D eigenvalue weighted by atomic mass is 32.2. The lowest BCUT2D eigenvalue weighted by molar-refractivity contribution is -0.147. The van der Waals surface area contributed by atoms with Crippen molar-refractivity contribution >= 4 is 39.3 Å². The highest BCUT2D eigenvalue weighted by molar-refractivity contribution is 7.91. The van der Waals surface area contributed by atoms with Crippen molar-refractivity contribution in [1.82, 2.24) is 19.8 Å². The number of likely N-dealkylation sites (N-methyl/N-ethyl adjacent to an activating group) is 1. The van der Waals surface area contributed by atoms with Gasteiger partial charge in [0.25, 0.3) is 0 Å². The van der Waals surface area contributed by atoms with Gasteiger partial charge in [-0.15, -0.1) is 0 Å². The molecule has 0 aromatic heterocycles. The maximum Gasteiger partial charge on any atom is 0.240 e. The normalized spacial score (nSPS) is 33.1. The topological polar surface area (TPSA) is 150 Å². The standard InChI is InChI=1S/C47H76N4O7S/c1-10-50-23-14-18-34(50)39(54)48-38(31-16-12-11-13-17-31)36(52)25-33(42(4,5)6)40(55)51-29-47(43(7,8)46(47)19-15-20-46)27-35(51)37(53)28-45(26-32(45)24-30(2)3)41(56)49-59(57,58)44(9)21-22-44/h30-35,38H,10-29H2,1-9H3,(H,48,54)(H,49,56)/t32-,33-,34+,35+,38+,45-,47-/m1/s1. The van der Waals surface area contributed by atoms with Crippen LogP contribution in [0.2, 0.25) is 0 Å². The van der Waals surface area contributed by atoms with Crippen molar-refractivity contribution in [2.45, 2.75) is 194 Å². The van der Waals surface area contributed by atoms with E-state index in [0.29, 0.717) is 38.6 Å².